The minimum atomic E-state index is -0.598. The van der Waals surface area contributed by atoms with E-state index in [9.17, 15) is 9.18 Å². The van der Waals surface area contributed by atoms with E-state index in [0.717, 1.165) is 32.1 Å². The Hall–Kier alpha value is -3.22. The van der Waals surface area contributed by atoms with Crippen molar-refractivity contribution in [1.82, 2.24) is 9.55 Å². The van der Waals surface area contributed by atoms with Gasteiger partial charge in [0.1, 0.15) is 11.6 Å². The fourth-order valence-corrected chi connectivity index (χ4v) is 5.62. The lowest BCUT2D eigenvalue weighted by Gasteiger charge is -2.23. The molecule has 3 aromatic carbocycles. The van der Waals surface area contributed by atoms with E-state index >= 15 is 4.39 Å². The molecule has 1 heterocycles. The molecule has 0 radical (unpaired) electrons. The summed E-state index contributed by atoms with van der Waals surface area (Å²) in [5.74, 6) is -1.06. The predicted molar refractivity (Wildman–Crippen MR) is 143 cm³/mol. The molecular weight excluding hydrogens is 515 g/mol. The molecule has 4 aromatic rings. The maximum atomic E-state index is 15.6. The lowest BCUT2D eigenvalue weighted by molar-refractivity contribution is 0.100. The fourth-order valence-electron chi connectivity index (χ4n) is 5.27. The summed E-state index contributed by atoms with van der Waals surface area (Å²) in [7, 11) is 0. The summed E-state index contributed by atoms with van der Waals surface area (Å²) >= 11 is 12.4. The number of carbonyl (C=O) groups excluding carboxylic acids is 1. The molecule has 1 aliphatic rings. The molecule has 0 atom stereocenters. The number of imidazole rings is 1. The Morgan fingerprint density at radius 1 is 1.00 bits per heavy atom. The van der Waals surface area contributed by atoms with Crippen molar-refractivity contribution in [1.29, 1.82) is 0 Å². The number of nitrogens with two attached hydrogens (primary N) is 1. The summed E-state index contributed by atoms with van der Waals surface area (Å²) in [5, 5.41) is -0.111. The Morgan fingerprint density at radius 2 is 1.73 bits per heavy atom. The molecule has 0 spiro atoms. The van der Waals surface area contributed by atoms with Crippen molar-refractivity contribution in [3.05, 3.63) is 93.2 Å². The Labute approximate surface area is 224 Å². The third kappa shape index (κ3) is 4.64. The summed E-state index contributed by atoms with van der Waals surface area (Å²) in [4.78, 5) is 17.6. The second-order valence-electron chi connectivity index (χ2n) is 9.40. The Kier molecular flexibility index (Phi) is 7.06. The number of nitrogens with zero attached hydrogens (tertiary/aromatic N) is 2. The molecule has 1 aromatic heterocycles. The number of aryl methyl sites for hydroxylation is 1. The zero-order valence-corrected chi connectivity index (χ0v) is 21.7. The van der Waals surface area contributed by atoms with Crippen LogP contribution in [0.4, 0.5) is 8.78 Å². The van der Waals surface area contributed by atoms with Crippen molar-refractivity contribution < 1.29 is 13.6 Å². The van der Waals surface area contributed by atoms with Gasteiger partial charge in [0.25, 0.3) is 0 Å². The molecule has 0 saturated heterocycles. The van der Waals surface area contributed by atoms with Gasteiger partial charge in [0.15, 0.2) is 5.82 Å². The summed E-state index contributed by atoms with van der Waals surface area (Å²) in [5.41, 5.74) is 9.00. The molecule has 1 fully saturated rings. The third-order valence-corrected chi connectivity index (χ3v) is 7.59. The lowest BCUT2D eigenvalue weighted by Crippen LogP contribution is -2.14. The normalized spacial score (nSPS) is 14.2. The SMILES string of the molecule is Cc1cccc(-c2nc(C3CCCCC3)n(-c3cccc(Cl)c3F)c2-c2ccc(F)c(Cl)c2)c1C(N)=O. The van der Waals surface area contributed by atoms with Crippen molar-refractivity contribution in [2.75, 3.05) is 0 Å². The largest absolute Gasteiger partial charge is 0.366 e. The highest BCUT2D eigenvalue weighted by atomic mass is 35.5. The number of carbonyl (C=O) groups is 1. The number of halogens is 4. The van der Waals surface area contributed by atoms with Crippen LogP contribution in [-0.2, 0) is 0 Å². The van der Waals surface area contributed by atoms with E-state index in [2.05, 4.69) is 0 Å². The minimum absolute atomic E-state index is 0.0289. The van der Waals surface area contributed by atoms with Gasteiger partial charge in [-0.3, -0.25) is 9.36 Å². The maximum Gasteiger partial charge on any atom is 0.249 e. The van der Waals surface area contributed by atoms with Crippen molar-refractivity contribution in [3.8, 4) is 28.2 Å². The molecule has 190 valence electrons. The zero-order valence-electron chi connectivity index (χ0n) is 20.2. The second-order valence-corrected chi connectivity index (χ2v) is 10.2. The number of amides is 1. The molecule has 0 bridgehead atoms. The van der Waals surface area contributed by atoms with E-state index in [0.29, 0.717) is 39.5 Å². The number of hydrogen-bond donors (Lipinski definition) is 1. The van der Waals surface area contributed by atoms with E-state index in [1.165, 1.54) is 18.2 Å². The minimum Gasteiger partial charge on any atom is -0.366 e. The van der Waals surface area contributed by atoms with Crippen LogP contribution in [0.25, 0.3) is 28.2 Å². The van der Waals surface area contributed by atoms with E-state index < -0.39 is 17.5 Å². The quantitative estimate of drug-likeness (QED) is 0.277. The number of primary amides is 1. The first-order chi connectivity index (χ1) is 17.8. The van der Waals surface area contributed by atoms with Crippen molar-refractivity contribution in [3.63, 3.8) is 0 Å². The number of aromatic nitrogens is 2. The van der Waals surface area contributed by atoms with Crippen molar-refractivity contribution in [2.45, 2.75) is 44.9 Å². The van der Waals surface area contributed by atoms with Gasteiger partial charge in [-0.1, -0.05) is 66.7 Å². The predicted octanol–water partition coefficient (Wildman–Crippen LogP) is 8.25. The smallest absolute Gasteiger partial charge is 0.249 e. The van der Waals surface area contributed by atoms with E-state index in [1.807, 2.05) is 6.07 Å². The average molecular weight is 540 g/mol. The zero-order chi connectivity index (χ0) is 26.3. The van der Waals surface area contributed by atoms with Gasteiger partial charge in [0.05, 0.1) is 32.7 Å². The van der Waals surface area contributed by atoms with Crippen LogP contribution in [0, 0.1) is 18.6 Å². The van der Waals surface area contributed by atoms with Crippen molar-refractivity contribution in [2.24, 2.45) is 5.73 Å². The summed E-state index contributed by atoms with van der Waals surface area (Å²) < 4.78 is 31.6. The molecule has 0 aliphatic heterocycles. The first-order valence-electron chi connectivity index (χ1n) is 12.2. The first-order valence-corrected chi connectivity index (χ1v) is 13.0. The lowest BCUT2D eigenvalue weighted by atomic mass is 9.88. The van der Waals surface area contributed by atoms with Crippen molar-refractivity contribution >= 4 is 29.1 Å². The number of rotatable bonds is 5. The monoisotopic (exact) mass is 539 g/mol. The van der Waals surface area contributed by atoms with E-state index in [-0.39, 0.29) is 21.7 Å². The molecule has 5 rings (SSSR count). The van der Waals surface area contributed by atoms with Gasteiger partial charge < -0.3 is 5.73 Å². The van der Waals surface area contributed by atoms with Crippen LogP contribution in [0.2, 0.25) is 10.0 Å². The number of benzene rings is 3. The fraction of sp³-hybridized carbons (Fsp3) is 0.241. The van der Waals surface area contributed by atoms with Crippen LogP contribution in [0.3, 0.4) is 0 Å². The third-order valence-electron chi connectivity index (χ3n) is 7.01. The van der Waals surface area contributed by atoms with Crippen LogP contribution in [0.5, 0.6) is 0 Å². The summed E-state index contributed by atoms with van der Waals surface area (Å²) in [6, 6.07) is 14.5. The van der Waals surface area contributed by atoms with Gasteiger partial charge in [-0.2, -0.15) is 0 Å². The molecule has 2 N–H and O–H groups in total. The molecule has 1 aliphatic carbocycles. The second kappa shape index (κ2) is 10.3. The van der Waals surface area contributed by atoms with Crippen LogP contribution in [0.15, 0.2) is 54.6 Å². The van der Waals surface area contributed by atoms with Gasteiger partial charge in [0, 0.05) is 17.0 Å². The van der Waals surface area contributed by atoms with Gasteiger partial charge in [-0.05, 0) is 55.7 Å². The van der Waals surface area contributed by atoms with Crippen LogP contribution in [0.1, 0.15) is 59.8 Å². The molecular formula is C29H25Cl2F2N3O. The maximum absolute atomic E-state index is 15.6. The Bertz CT molecular complexity index is 1510. The Morgan fingerprint density at radius 3 is 2.43 bits per heavy atom. The molecule has 37 heavy (non-hydrogen) atoms. The number of hydrogen-bond acceptors (Lipinski definition) is 2. The van der Waals surface area contributed by atoms with Gasteiger partial charge >= 0.3 is 0 Å². The highest BCUT2D eigenvalue weighted by Crippen LogP contribution is 2.43. The topological polar surface area (TPSA) is 60.9 Å². The Balaban J connectivity index is 1.93. The van der Waals surface area contributed by atoms with Gasteiger partial charge in [-0.25, -0.2) is 13.8 Å². The van der Waals surface area contributed by atoms with Gasteiger partial charge in [-0.15, -0.1) is 0 Å². The molecule has 0 unspecified atom stereocenters. The van der Waals surface area contributed by atoms with Gasteiger partial charge in [0.2, 0.25) is 5.91 Å². The highest BCUT2D eigenvalue weighted by molar-refractivity contribution is 6.31. The van der Waals surface area contributed by atoms with Crippen LogP contribution in [-0.4, -0.2) is 15.5 Å². The van der Waals surface area contributed by atoms with Crippen LogP contribution >= 0.6 is 23.2 Å². The average Bonchev–Trinajstić information content (AvgIpc) is 3.28. The summed E-state index contributed by atoms with van der Waals surface area (Å²) in [6.45, 7) is 1.80. The molecule has 1 amide bonds. The first kappa shape index (κ1) is 25.4. The summed E-state index contributed by atoms with van der Waals surface area (Å²) in [6.07, 6.45) is 4.95. The molecule has 4 nitrogen and oxygen atoms in total. The molecule has 8 heteroatoms. The van der Waals surface area contributed by atoms with E-state index in [1.54, 1.807) is 41.8 Å². The van der Waals surface area contributed by atoms with E-state index in [4.69, 9.17) is 33.9 Å². The highest BCUT2D eigenvalue weighted by Gasteiger charge is 2.30. The van der Waals surface area contributed by atoms with Crippen LogP contribution < -0.4 is 5.73 Å². The molecule has 1 saturated carbocycles. The standard InChI is InChI=1S/C29H25Cl2F2N3O/c1-16-7-5-10-19(24(16)28(34)37)26-27(18-13-14-22(32)21(31)15-18)36(23-12-6-11-20(30)25(23)33)29(35-26)17-8-3-2-4-9-17/h5-7,10-15,17H,2-4,8-9H2,1H3,(H2,34,37).